The number of aromatic nitrogens is 2. The Morgan fingerprint density at radius 1 is 1.33 bits per heavy atom. The summed E-state index contributed by atoms with van der Waals surface area (Å²) in [6, 6.07) is 6.93. The Hall–Kier alpha value is -2.57. The number of carbonyl (C=O) groups excluding carboxylic acids is 1. The summed E-state index contributed by atoms with van der Waals surface area (Å²) in [5, 5.41) is 4.00. The van der Waals surface area contributed by atoms with Gasteiger partial charge in [0.15, 0.2) is 0 Å². The van der Waals surface area contributed by atoms with Gasteiger partial charge in [-0.1, -0.05) is 11.6 Å². The maximum absolute atomic E-state index is 15.0. The van der Waals surface area contributed by atoms with E-state index >= 15 is 0 Å². The molecule has 2 aromatic heterocycles. The molecule has 0 radical (unpaired) electrons. The highest BCUT2D eigenvalue weighted by Gasteiger charge is 2.36. The van der Waals surface area contributed by atoms with Gasteiger partial charge in [0, 0.05) is 41.0 Å². The Morgan fingerprint density at radius 2 is 2.15 bits per heavy atom. The first-order valence-corrected chi connectivity index (χ1v) is 12.8. The van der Waals surface area contributed by atoms with Crippen LogP contribution in [-0.2, 0) is 21.4 Å². The normalized spacial score (nSPS) is 16.9. The molecule has 174 valence electrons. The van der Waals surface area contributed by atoms with Gasteiger partial charge >= 0.3 is 0 Å². The first-order chi connectivity index (χ1) is 15.8. The predicted molar refractivity (Wildman–Crippen MR) is 127 cm³/mol. The number of thiophene rings is 1. The first kappa shape index (κ1) is 23.6. The van der Waals surface area contributed by atoms with E-state index in [9.17, 15) is 17.6 Å². The van der Waals surface area contributed by atoms with E-state index in [2.05, 4.69) is 15.0 Å². The van der Waals surface area contributed by atoms with Crippen molar-refractivity contribution in [3.05, 3.63) is 69.0 Å². The number of hydrogen-bond acceptors (Lipinski definition) is 6. The topological polar surface area (TPSA) is 96.3 Å². The average molecular weight is 510 g/mol. The van der Waals surface area contributed by atoms with Crippen LogP contribution in [0, 0.1) is 5.82 Å². The molecule has 1 atom stereocenters. The number of rotatable bonds is 8. The van der Waals surface area contributed by atoms with Crippen molar-refractivity contribution in [2.24, 2.45) is 0 Å². The highest BCUT2D eigenvalue weighted by Crippen LogP contribution is 2.28. The van der Waals surface area contributed by atoms with Gasteiger partial charge in [0.25, 0.3) is 0 Å². The Labute approximate surface area is 199 Å². The van der Waals surface area contributed by atoms with Gasteiger partial charge in [0.1, 0.15) is 17.7 Å². The monoisotopic (exact) mass is 509 g/mol. The molecular weight excluding hydrogens is 489 g/mol. The molecule has 2 N–H and O–H groups in total. The van der Waals surface area contributed by atoms with Crippen LogP contribution in [0.4, 0.5) is 10.1 Å². The lowest BCUT2D eigenvalue weighted by Crippen LogP contribution is -2.40. The second-order valence-corrected chi connectivity index (χ2v) is 10.7. The number of benzene rings is 1. The lowest BCUT2D eigenvalue weighted by Gasteiger charge is -2.19. The summed E-state index contributed by atoms with van der Waals surface area (Å²) >= 11 is 7.08. The molecule has 0 spiro atoms. The Kier molecular flexibility index (Phi) is 6.96. The number of imidazole rings is 1. The van der Waals surface area contributed by atoms with E-state index < -0.39 is 27.8 Å². The number of nitrogens with one attached hydrogen (secondary N) is 2. The smallest absolute Gasteiger partial charge is 0.245 e. The molecule has 1 aromatic carbocycles. The molecule has 4 rings (SSSR count). The van der Waals surface area contributed by atoms with Crippen molar-refractivity contribution in [2.75, 3.05) is 18.5 Å². The summed E-state index contributed by atoms with van der Waals surface area (Å²) in [4.78, 5) is 19.0. The zero-order chi connectivity index (χ0) is 23.6. The minimum absolute atomic E-state index is 0.101. The second-order valence-electron chi connectivity index (χ2n) is 7.32. The number of sulfonamides is 1. The fraction of sp³-hybridized carbons (Fsp3) is 0.238. The van der Waals surface area contributed by atoms with Crippen LogP contribution in [0.5, 0.6) is 0 Å². The molecular formula is C21H21ClFN5O3S2. The molecule has 1 amide bonds. The van der Waals surface area contributed by atoms with E-state index in [1.807, 2.05) is 0 Å². The fourth-order valence-electron chi connectivity index (χ4n) is 3.56. The van der Waals surface area contributed by atoms with Crippen LogP contribution >= 0.6 is 22.9 Å². The van der Waals surface area contributed by atoms with Crippen molar-refractivity contribution in [3.63, 3.8) is 0 Å². The van der Waals surface area contributed by atoms with Crippen LogP contribution in [0.25, 0.3) is 11.8 Å². The third-order valence-corrected chi connectivity index (χ3v) is 7.37. The molecule has 8 nitrogen and oxygen atoms in total. The van der Waals surface area contributed by atoms with Crippen molar-refractivity contribution in [2.45, 2.75) is 19.0 Å². The molecule has 33 heavy (non-hydrogen) atoms. The van der Waals surface area contributed by atoms with Gasteiger partial charge in [0.2, 0.25) is 15.9 Å². The second kappa shape index (κ2) is 9.74. The van der Waals surface area contributed by atoms with Crippen LogP contribution in [0.3, 0.4) is 0 Å². The Bertz CT molecular complexity index is 1300. The summed E-state index contributed by atoms with van der Waals surface area (Å²) < 4.78 is 44.4. The lowest BCUT2D eigenvalue weighted by atomic mass is 10.2. The van der Waals surface area contributed by atoms with Gasteiger partial charge in [0.05, 0.1) is 16.6 Å². The molecule has 1 aliphatic heterocycles. The van der Waals surface area contributed by atoms with Gasteiger partial charge in [-0.25, -0.2) is 17.8 Å². The minimum Gasteiger partial charge on any atom is -0.313 e. The minimum atomic E-state index is -3.87. The largest absolute Gasteiger partial charge is 0.313 e. The van der Waals surface area contributed by atoms with E-state index in [4.69, 9.17) is 11.6 Å². The van der Waals surface area contributed by atoms with Crippen LogP contribution in [0.1, 0.15) is 17.1 Å². The highest BCUT2D eigenvalue weighted by atomic mass is 35.5. The molecule has 1 unspecified atom stereocenters. The van der Waals surface area contributed by atoms with Gasteiger partial charge in [-0.2, -0.15) is 4.72 Å². The maximum Gasteiger partial charge on any atom is 0.245 e. The summed E-state index contributed by atoms with van der Waals surface area (Å²) in [5.74, 6) is -0.367. The molecule has 0 bridgehead atoms. The number of nitrogens with zero attached hydrogens (tertiary/aromatic N) is 3. The van der Waals surface area contributed by atoms with Crippen molar-refractivity contribution >= 4 is 50.6 Å². The predicted octanol–water partition coefficient (Wildman–Crippen LogP) is 3.14. The molecule has 0 saturated carbocycles. The summed E-state index contributed by atoms with van der Waals surface area (Å²) in [6.07, 6.45) is 4.99. The van der Waals surface area contributed by atoms with Crippen molar-refractivity contribution in [1.82, 2.24) is 19.6 Å². The molecule has 12 heteroatoms. The van der Waals surface area contributed by atoms with Crippen LogP contribution in [0.2, 0.25) is 4.34 Å². The van der Waals surface area contributed by atoms with Crippen LogP contribution < -0.4 is 14.9 Å². The molecule has 0 aliphatic carbocycles. The van der Waals surface area contributed by atoms with Crippen molar-refractivity contribution in [1.29, 1.82) is 0 Å². The standard InChI is InChI=1S/C21H21ClFN5O3S2/c1-24-13-20-25-8-10-27(20)14-2-4-18(16(23)12-14)28-9-6-17(21(28)29)26-33(30,31)11-7-15-3-5-19(22)32-15/h2-5,7-8,10-12,17,24,26H,6,9,13H2,1H3/b11-7+. The summed E-state index contributed by atoms with van der Waals surface area (Å²) in [5.41, 5.74) is 0.672. The number of amides is 1. The average Bonchev–Trinajstić information content (AvgIpc) is 3.49. The van der Waals surface area contributed by atoms with E-state index in [0.717, 1.165) is 5.41 Å². The quantitative estimate of drug-likeness (QED) is 0.486. The fourth-order valence-corrected chi connectivity index (χ4v) is 5.63. The van der Waals surface area contributed by atoms with Gasteiger partial charge < -0.3 is 14.8 Å². The number of carbonyl (C=O) groups is 1. The van der Waals surface area contributed by atoms with Gasteiger partial charge in [-0.15, -0.1) is 11.3 Å². The maximum atomic E-state index is 15.0. The molecule has 1 aliphatic rings. The third-order valence-electron chi connectivity index (χ3n) is 5.07. The number of anilines is 1. The highest BCUT2D eigenvalue weighted by molar-refractivity contribution is 7.92. The lowest BCUT2D eigenvalue weighted by molar-refractivity contribution is -0.118. The Morgan fingerprint density at radius 3 is 2.85 bits per heavy atom. The zero-order valence-corrected chi connectivity index (χ0v) is 19.9. The Balaban J connectivity index is 1.47. The van der Waals surface area contributed by atoms with Gasteiger partial charge in [-0.3, -0.25) is 4.79 Å². The van der Waals surface area contributed by atoms with E-state index in [1.54, 1.807) is 42.2 Å². The van der Waals surface area contributed by atoms with E-state index in [0.29, 0.717) is 27.3 Å². The van der Waals surface area contributed by atoms with Crippen molar-refractivity contribution < 1.29 is 17.6 Å². The molecule has 1 saturated heterocycles. The molecule has 3 heterocycles. The summed E-state index contributed by atoms with van der Waals surface area (Å²) in [6.45, 7) is 0.708. The number of halogens is 2. The van der Waals surface area contributed by atoms with E-state index in [-0.39, 0.29) is 18.7 Å². The zero-order valence-electron chi connectivity index (χ0n) is 17.5. The number of hydrogen-bond donors (Lipinski definition) is 2. The molecule has 3 aromatic rings. The van der Waals surface area contributed by atoms with Gasteiger partial charge in [-0.05, 0) is 43.8 Å². The van der Waals surface area contributed by atoms with Crippen LogP contribution in [0.15, 0.2) is 48.1 Å². The third kappa shape index (κ3) is 5.33. The summed E-state index contributed by atoms with van der Waals surface area (Å²) in [7, 11) is -2.08. The first-order valence-electron chi connectivity index (χ1n) is 10.0. The van der Waals surface area contributed by atoms with Crippen molar-refractivity contribution in [3.8, 4) is 5.69 Å². The van der Waals surface area contributed by atoms with E-state index in [1.165, 1.54) is 34.4 Å². The SMILES string of the molecule is CNCc1nccn1-c1ccc(N2CCC(NS(=O)(=O)/C=C/c3ccc(Cl)s3)C2=O)c(F)c1. The van der Waals surface area contributed by atoms with Crippen LogP contribution in [-0.4, -0.2) is 43.5 Å². The molecule has 1 fully saturated rings.